The zero-order chi connectivity index (χ0) is 10.2. The molecule has 1 N–H and O–H groups in total. The molecule has 1 aromatic carbocycles. The Morgan fingerprint density at radius 1 is 1.29 bits per heavy atom. The average Bonchev–Trinajstić information content (AvgIpc) is 2.20. The van der Waals surface area contributed by atoms with Gasteiger partial charge in [-0.15, -0.1) is 0 Å². The third-order valence-corrected chi connectivity index (χ3v) is 2.75. The molecule has 1 rings (SSSR count). The maximum Gasteiger partial charge on any atom is 0.00791 e. The third kappa shape index (κ3) is 4.77. The minimum atomic E-state index is 0.566. The maximum absolute atomic E-state index is 3.50. The molecule has 1 unspecified atom stereocenters. The van der Waals surface area contributed by atoms with Gasteiger partial charge >= 0.3 is 0 Å². The van der Waals surface area contributed by atoms with Gasteiger partial charge < -0.3 is 5.32 Å². The largest absolute Gasteiger partial charge is 0.314 e. The molecule has 0 fully saturated rings. The molecule has 0 aromatic heterocycles. The number of hydrogen-bond donors (Lipinski definition) is 1. The molecule has 78 valence electrons. The Kier molecular flexibility index (Phi) is 5.88. The highest BCUT2D eigenvalue weighted by molar-refractivity contribution is 9.09. The van der Waals surface area contributed by atoms with E-state index >= 15 is 0 Å². The minimum absolute atomic E-state index is 0.566. The lowest BCUT2D eigenvalue weighted by Crippen LogP contribution is -2.29. The Morgan fingerprint density at radius 2 is 2.00 bits per heavy atom. The lowest BCUT2D eigenvalue weighted by Gasteiger charge is -2.13. The Morgan fingerprint density at radius 3 is 2.64 bits per heavy atom. The zero-order valence-electron chi connectivity index (χ0n) is 8.67. The molecule has 14 heavy (non-hydrogen) atoms. The topological polar surface area (TPSA) is 12.0 Å². The average molecular weight is 256 g/mol. The molecule has 0 saturated heterocycles. The van der Waals surface area contributed by atoms with E-state index in [9.17, 15) is 0 Å². The second-order valence-corrected chi connectivity index (χ2v) is 4.38. The van der Waals surface area contributed by atoms with Crippen molar-refractivity contribution in [3.05, 3.63) is 35.9 Å². The molecular formula is C12H18BrN. The van der Waals surface area contributed by atoms with Crippen LogP contribution in [0.1, 0.15) is 18.9 Å². The number of rotatable bonds is 6. The predicted molar refractivity (Wildman–Crippen MR) is 66.0 cm³/mol. The van der Waals surface area contributed by atoms with Gasteiger partial charge in [-0.1, -0.05) is 46.3 Å². The normalized spacial score (nSPS) is 12.7. The summed E-state index contributed by atoms with van der Waals surface area (Å²) < 4.78 is 0. The maximum atomic E-state index is 3.50. The van der Waals surface area contributed by atoms with E-state index in [1.54, 1.807) is 0 Å². The summed E-state index contributed by atoms with van der Waals surface area (Å²) in [6.45, 7) is 3.33. The molecule has 0 aliphatic carbocycles. The molecular weight excluding hydrogens is 238 g/mol. The van der Waals surface area contributed by atoms with Gasteiger partial charge in [-0.25, -0.2) is 0 Å². The first-order valence-electron chi connectivity index (χ1n) is 5.16. The molecule has 1 aromatic rings. The van der Waals surface area contributed by atoms with E-state index in [4.69, 9.17) is 0 Å². The molecule has 0 spiro atoms. The van der Waals surface area contributed by atoms with Crippen molar-refractivity contribution in [3.63, 3.8) is 0 Å². The standard InChI is InChI=1S/C12H18BrN/c1-11(14-9-5-8-13)10-12-6-3-2-4-7-12/h2-4,6-7,11,14H,5,8-10H2,1H3. The zero-order valence-corrected chi connectivity index (χ0v) is 10.3. The van der Waals surface area contributed by atoms with Crippen LogP contribution in [0.25, 0.3) is 0 Å². The summed E-state index contributed by atoms with van der Waals surface area (Å²) in [4.78, 5) is 0. The number of nitrogens with one attached hydrogen (secondary N) is 1. The first-order valence-corrected chi connectivity index (χ1v) is 6.28. The van der Waals surface area contributed by atoms with Crippen LogP contribution < -0.4 is 5.32 Å². The van der Waals surface area contributed by atoms with E-state index in [0.29, 0.717) is 6.04 Å². The fourth-order valence-corrected chi connectivity index (χ4v) is 1.74. The lowest BCUT2D eigenvalue weighted by atomic mass is 10.1. The molecule has 0 radical (unpaired) electrons. The third-order valence-electron chi connectivity index (χ3n) is 2.19. The van der Waals surface area contributed by atoms with Crippen molar-refractivity contribution in [3.8, 4) is 0 Å². The number of hydrogen-bond acceptors (Lipinski definition) is 1. The van der Waals surface area contributed by atoms with Crippen molar-refractivity contribution in [1.29, 1.82) is 0 Å². The van der Waals surface area contributed by atoms with Gasteiger partial charge in [0.1, 0.15) is 0 Å². The van der Waals surface area contributed by atoms with Gasteiger partial charge in [0.15, 0.2) is 0 Å². The van der Waals surface area contributed by atoms with Crippen LogP contribution in [0.5, 0.6) is 0 Å². The molecule has 0 aliphatic heterocycles. The highest BCUT2D eigenvalue weighted by atomic mass is 79.9. The van der Waals surface area contributed by atoms with Gasteiger partial charge in [0.05, 0.1) is 0 Å². The number of alkyl halides is 1. The van der Waals surface area contributed by atoms with Crippen LogP contribution in [0.4, 0.5) is 0 Å². The summed E-state index contributed by atoms with van der Waals surface area (Å²) in [6.07, 6.45) is 2.31. The van der Waals surface area contributed by atoms with Crippen molar-refractivity contribution in [2.24, 2.45) is 0 Å². The van der Waals surface area contributed by atoms with Crippen LogP contribution in [0, 0.1) is 0 Å². The number of benzene rings is 1. The first-order chi connectivity index (χ1) is 6.83. The second-order valence-electron chi connectivity index (χ2n) is 3.59. The second kappa shape index (κ2) is 7.02. The van der Waals surface area contributed by atoms with E-state index in [0.717, 1.165) is 18.3 Å². The monoisotopic (exact) mass is 255 g/mol. The Labute approximate surface area is 95.0 Å². The summed E-state index contributed by atoms with van der Waals surface area (Å²) >= 11 is 3.43. The SMILES string of the molecule is CC(Cc1ccccc1)NCCCBr. The molecule has 0 heterocycles. The van der Waals surface area contributed by atoms with E-state index in [1.165, 1.54) is 12.0 Å². The fraction of sp³-hybridized carbons (Fsp3) is 0.500. The molecule has 1 nitrogen and oxygen atoms in total. The van der Waals surface area contributed by atoms with Crippen molar-refractivity contribution >= 4 is 15.9 Å². The van der Waals surface area contributed by atoms with Crippen LogP contribution in [-0.4, -0.2) is 17.9 Å². The van der Waals surface area contributed by atoms with Gasteiger partial charge in [-0.3, -0.25) is 0 Å². The minimum Gasteiger partial charge on any atom is -0.314 e. The molecule has 0 amide bonds. The lowest BCUT2D eigenvalue weighted by molar-refractivity contribution is 0.545. The molecule has 2 heteroatoms. The first kappa shape index (κ1) is 11.7. The molecule has 1 atom stereocenters. The summed E-state index contributed by atoms with van der Waals surface area (Å²) in [5, 5.41) is 4.58. The van der Waals surface area contributed by atoms with E-state index in [2.05, 4.69) is 58.5 Å². The van der Waals surface area contributed by atoms with Gasteiger partial charge in [0.25, 0.3) is 0 Å². The van der Waals surface area contributed by atoms with Crippen LogP contribution in [0.15, 0.2) is 30.3 Å². The molecule has 0 saturated carbocycles. The summed E-state index contributed by atoms with van der Waals surface area (Å²) in [5.74, 6) is 0. The highest BCUT2D eigenvalue weighted by Crippen LogP contribution is 2.02. The Bertz CT molecular complexity index is 235. The fourth-order valence-electron chi connectivity index (χ4n) is 1.46. The van der Waals surface area contributed by atoms with Gasteiger partial charge in [-0.2, -0.15) is 0 Å². The number of halogens is 1. The summed E-state index contributed by atoms with van der Waals surface area (Å²) in [6, 6.07) is 11.2. The van der Waals surface area contributed by atoms with Gasteiger partial charge in [-0.05, 0) is 31.9 Å². The Balaban J connectivity index is 2.23. The molecule has 0 aliphatic rings. The molecule has 0 bridgehead atoms. The quantitative estimate of drug-likeness (QED) is 0.609. The van der Waals surface area contributed by atoms with Crippen molar-refractivity contribution < 1.29 is 0 Å². The highest BCUT2D eigenvalue weighted by Gasteiger charge is 2.01. The van der Waals surface area contributed by atoms with E-state index in [1.807, 2.05) is 0 Å². The van der Waals surface area contributed by atoms with E-state index in [-0.39, 0.29) is 0 Å². The van der Waals surface area contributed by atoms with Crippen molar-refractivity contribution in [2.45, 2.75) is 25.8 Å². The Hall–Kier alpha value is -0.340. The van der Waals surface area contributed by atoms with Gasteiger partial charge in [0.2, 0.25) is 0 Å². The van der Waals surface area contributed by atoms with Gasteiger partial charge in [0, 0.05) is 11.4 Å². The van der Waals surface area contributed by atoms with Crippen LogP contribution in [0.3, 0.4) is 0 Å². The smallest absolute Gasteiger partial charge is 0.00791 e. The predicted octanol–water partition coefficient (Wildman–Crippen LogP) is 2.99. The van der Waals surface area contributed by atoms with Crippen LogP contribution >= 0.6 is 15.9 Å². The van der Waals surface area contributed by atoms with Crippen LogP contribution in [0.2, 0.25) is 0 Å². The summed E-state index contributed by atoms with van der Waals surface area (Å²) in [7, 11) is 0. The van der Waals surface area contributed by atoms with Crippen LogP contribution in [-0.2, 0) is 6.42 Å². The summed E-state index contributed by atoms with van der Waals surface area (Å²) in [5.41, 5.74) is 1.41. The van der Waals surface area contributed by atoms with Crippen molar-refractivity contribution in [1.82, 2.24) is 5.32 Å². The van der Waals surface area contributed by atoms with E-state index < -0.39 is 0 Å². The van der Waals surface area contributed by atoms with Crippen molar-refractivity contribution in [2.75, 3.05) is 11.9 Å².